The molecule has 498 valence electrons. The van der Waals surface area contributed by atoms with Gasteiger partial charge in [-0.05, 0) is 143 Å². The summed E-state index contributed by atoms with van der Waals surface area (Å²) in [6.45, 7) is 20.2. The number of pyridine rings is 5. The molecule has 8 aromatic rings. The SMILES string of the molecule is C=C(C)c1cnc(-c2cc(OC(F)(F)F)ccc2F)cc1Cl.C=C(C)c1cnc(-c2cc(OC)ccc2F)cc1Nc1ccncc1C(=O)NC[C@H](C)O.C=C(C)c1cnc(Cl)cc1Cl.C[C@H](O)CCC(=O)c1cnccc1N.OB(O)c1cc(OC(F)(F)F)ccc1F. The van der Waals surface area contributed by atoms with Gasteiger partial charge in [0.05, 0.1) is 57.6 Å². The summed E-state index contributed by atoms with van der Waals surface area (Å²) < 4.78 is 125. The minimum atomic E-state index is -4.91. The number of Topliss-reactive ketones (excluding diaryl/α,β-unsaturated/α-hetero) is 1. The molecule has 0 spiro atoms. The molecule has 0 bridgehead atoms. The van der Waals surface area contributed by atoms with Crippen LogP contribution in [-0.4, -0.2) is 103 Å². The Bertz CT molecular complexity index is 3960. The molecule has 30 heteroatoms. The van der Waals surface area contributed by atoms with Crippen LogP contribution in [0, 0.1) is 17.5 Å². The van der Waals surface area contributed by atoms with Crippen molar-refractivity contribution in [1.29, 1.82) is 0 Å². The number of nitrogens with zero attached hydrogens (tertiary/aromatic N) is 5. The summed E-state index contributed by atoms with van der Waals surface area (Å²) >= 11 is 17.5. The molecule has 5 heterocycles. The number of nitrogens with two attached hydrogens (primary N) is 1. The Labute approximate surface area is 549 Å². The summed E-state index contributed by atoms with van der Waals surface area (Å²) in [5.41, 5.74) is 12.2. The van der Waals surface area contributed by atoms with Crippen molar-refractivity contribution in [1.82, 2.24) is 30.2 Å². The molecule has 17 nitrogen and oxygen atoms in total. The van der Waals surface area contributed by atoms with Crippen molar-refractivity contribution in [2.45, 2.75) is 72.4 Å². The molecular formula is C64H61BCl3F9N8O9. The van der Waals surface area contributed by atoms with Gasteiger partial charge in [0.1, 0.15) is 39.9 Å². The number of ketones is 1. The van der Waals surface area contributed by atoms with E-state index in [1.807, 2.05) is 13.8 Å². The average Bonchev–Trinajstić information content (AvgIpc) is 0.861. The number of carbonyl (C=O) groups is 2. The molecule has 0 aliphatic rings. The van der Waals surface area contributed by atoms with E-state index in [0.717, 1.165) is 41.0 Å². The molecule has 2 atom stereocenters. The third-order valence-electron chi connectivity index (χ3n) is 12.2. The van der Waals surface area contributed by atoms with Gasteiger partial charge in [0, 0.05) is 101 Å². The maximum Gasteiger partial charge on any atom is 0.573 e. The fraction of sp³-hybridized carbons (Fsp3) is 0.203. The average molecular weight is 1370 g/mol. The molecule has 0 unspecified atom stereocenters. The lowest BCUT2D eigenvalue weighted by molar-refractivity contribution is -0.275. The van der Waals surface area contributed by atoms with E-state index in [1.54, 1.807) is 75.9 Å². The van der Waals surface area contributed by atoms with Crippen LogP contribution >= 0.6 is 34.8 Å². The highest BCUT2D eigenvalue weighted by Gasteiger charge is 2.33. The van der Waals surface area contributed by atoms with Crippen LogP contribution in [0.3, 0.4) is 0 Å². The van der Waals surface area contributed by atoms with Crippen LogP contribution in [0.25, 0.3) is 39.2 Å². The second-order valence-corrected chi connectivity index (χ2v) is 21.2. The summed E-state index contributed by atoms with van der Waals surface area (Å²) in [5.74, 6) is -3.40. The standard InChI is InChI=1S/C24H25FN4O3.C15H10ClF4NO.C10H14N2O2.C8H7Cl2N.C7H5BF4O3/c1-14(2)18-13-27-22(17-9-16(32-4)5-6-20(17)25)10-23(18)29-21-7-8-26-12-19(21)24(31)28-11-15(3)30;1-8(2)11-7-21-14(6-12(11)16)10-5-9(3-4-13(10)17)22-15(18,19)20;1-7(13)2-3-10(14)8-6-12-5-4-9(8)11;1-5(2)6-4-11-8(10)3-7(6)9;9-6-2-1-4(15-7(10,11)12)3-5(6)8(13)14/h5-10,12-13,15,30H,1,11H2,2-4H3,(H,28,31)(H,26,27,29);3-7H,1H2,2H3;4-7,13H,2-3H2,1H3,(H2,11,12);3-4H,1H2,2H3;1-3,13-14H/t15-;;7-;;/m0.0../s1. The van der Waals surface area contributed by atoms with Crippen molar-refractivity contribution in [2.75, 3.05) is 24.7 Å². The smallest absolute Gasteiger partial charge is 0.497 e. The van der Waals surface area contributed by atoms with Gasteiger partial charge < -0.3 is 50.8 Å². The molecule has 8 N–H and O–H groups in total. The molecule has 0 aliphatic carbocycles. The van der Waals surface area contributed by atoms with Gasteiger partial charge in [0.25, 0.3) is 5.91 Å². The number of hydrogen-bond donors (Lipinski definition) is 7. The lowest BCUT2D eigenvalue weighted by atomic mass is 9.80. The number of ether oxygens (including phenoxy) is 3. The molecule has 8 rings (SSSR count). The molecule has 0 fully saturated rings. The first kappa shape index (κ1) is 77.4. The number of allylic oxidation sites excluding steroid dienone is 3. The van der Waals surface area contributed by atoms with E-state index in [1.165, 1.54) is 43.9 Å². The minimum absolute atomic E-state index is 0.0727. The zero-order valence-electron chi connectivity index (χ0n) is 50.8. The largest absolute Gasteiger partial charge is 0.573 e. The van der Waals surface area contributed by atoms with Gasteiger partial charge in [-0.15, -0.1) is 26.3 Å². The number of nitrogen functional groups attached to an aromatic ring is 1. The zero-order chi connectivity index (χ0) is 70.4. The highest BCUT2D eigenvalue weighted by Crippen LogP contribution is 2.35. The fourth-order valence-electron chi connectivity index (χ4n) is 7.58. The Hall–Kier alpha value is -9.09. The number of amides is 1. The van der Waals surface area contributed by atoms with Crippen molar-refractivity contribution in [3.63, 3.8) is 0 Å². The topological polar surface area (TPSA) is 257 Å². The number of hydrogen-bond acceptors (Lipinski definition) is 16. The number of anilines is 3. The van der Waals surface area contributed by atoms with Crippen LogP contribution in [0.15, 0.2) is 148 Å². The van der Waals surface area contributed by atoms with Crippen LogP contribution in [0.5, 0.6) is 17.2 Å². The van der Waals surface area contributed by atoms with E-state index < -0.39 is 66.5 Å². The maximum atomic E-state index is 14.5. The summed E-state index contributed by atoms with van der Waals surface area (Å²) in [6, 6.07) is 17.0. The van der Waals surface area contributed by atoms with Crippen molar-refractivity contribution >= 4 is 92.9 Å². The van der Waals surface area contributed by atoms with Crippen LogP contribution in [-0.2, 0) is 0 Å². The molecule has 0 aliphatic heterocycles. The minimum Gasteiger partial charge on any atom is -0.497 e. The lowest BCUT2D eigenvalue weighted by Crippen LogP contribution is -2.33. The van der Waals surface area contributed by atoms with Crippen LogP contribution < -0.4 is 36.0 Å². The Morgan fingerprint density at radius 2 is 1.09 bits per heavy atom. The van der Waals surface area contributed by atoms with Gasteiger partial charge in [0.2, 0.25) is 0 Å². The fourth-order valence-corrected chi connectivity index (χ4v) is 8.42. The zero-order valence-corrected chi connectivity index (χ0v) is 53.0. The van der Waals surface area contributed by atoms with Crippen LogP contribution in [0.4, 0.5) is 56.6 Å². The number of methoxy groups -OCH3 is 1. The van der Waals surface area contributed by atoms with Crippen LogP contribution in [0.1, 0.15) is 84.9 Å². The molecular weight excluding hydrogens is 1310 g/mol. The summed E-state index contributed by atoms with van der Waals surface area (Å²) in [7, 11) is -0.684. The van der Waals surface area contributed by atoms with E-state index in [9.17, 15) is 54.2 Å². The number of nitrogens with one attached hydrogen (secondary N) is 2. The van der Waals surface area contributed by atoms with E-state index in [0.29, 0.717) is 91.5 Å². The van der Waals surface area contributed by atoms with Crippen molar-refractivity contribution < 1.29 is 83.6 Å². The predicted octanol–water partition coefficient (Wildman–Crippen LogP) is 14.5. The Kier molecular flexibility index (Phi) is 29.5. The van der Waals surface area contributed by atoms with Gasteiger partial charge in [0.15, 0.2) is 5.78 Å². The van der Waals surface area contributed by atoms with E-state index in [4.69, 9.17) is 60.4 Å². The highest BCUT2D eigenvalue weighted by molar-refractivity contribution is 6.58. The van der Waals surface area contributed by atoms with Crippen molar-refractivity contribution in [3.8, 4) is 39.8 Å². The van der Waals surface area contributed by atoms with E-state index >= 15 is 0 Å². The number of benzene rings is 3. The third-order valence-corrected chi connectivity index (χ3v) is 13.0. The third kappa shape index (κ3) is 25.1. The summed E-state index contributed by atoms with van der Waals surface area (Å²) in [4.78, 5) is 44.3. The summed E-state index contributed by atoms with van der Waals surface area (Å²) in [5, 5.41) is 42.8. The maximum absolute atomic E-state index is 14.5. The van der Waals surface area contributed by atoms with Gasteiger partial charge >= 0.3 is 19.8 Å². The normalized spacial score (nSPS) is 11.4. The second kappa shape index (κ2) is 35.8. The Morgan fingerprint density at radius 1 is 0.606 bits per heavy atom. The van der Waals surface area contributed by atoms with Gasteiger partial charge in [-0.3, -0.25) is 29.5 Å². The Morgan fingerprint density at radius 3 is 1.57 bits per heavy atom. The molecule has 3 aromatic carbocycles. The number of rotatable bonds is 18. The van der Waals surface area contributed by atoms with Crippen LogP contribution in [0.2, 0.25) is 15.2 Å². The first-order valence-corrected chi connectivity index (χ1v) is 28.4. The number of aliphatic hydroxyl groups excluding tert-OH is 2. The van der Waals surface area contributed by atoms with Gasteiger partial charge in [-0.2, -0.15) is 0 Å². The van der Waals surface area contributed by atoms with Gasteiger partial charge in [-0.25, -0.2) is 18.2 Å². The van der Waals surface area contributed by atoms with Crippen molar-refractivity contribution in [3.05, 3.63) is 209 Å². The molecule has 94 heavy (non-hydrogen) atoms. The quantitative estimate of drug-likeness (QED) is 0.0182. The monoisotopic (exact) mass is 1370 g/mol. The van der Waals surface area contributed by atoms with Gasteiger partial charge in [-0.1, -0.05) is 54.5 Å². The number of halogens is 12. The number of aliphatic hydroxyl groups is 2. The summed E-state index contributed by atoms with van der Waals surface area (Å²) in [6.07, 6.45) is 0.444. The molecule has 0 radical (unpaired) electrons. The predicted molar refractivity (Wildman–Crippen MR) is 344 cm³/mol. The second-order valence-electron chi connectivity index (χ2n) is 20.0. The van der Waals surface area contributed by atoms with E-state index in [-0.39, 0.29) is 40.1 Å². The Balaban J connectivity index is 0.000000265. The first-order chi connectivity index (χ1) is 44.0. The number of aromatic nitrogens is 5. The molecule has 1 amide bonds. The lowest BCUT2D eigenvalue weighted by Gasteiger charge is -2.16. The molecule has 0 saturated carbocycles. The highest BCUT2D eigenvalue weighted by atomic mass is 35.5. The number of alkyl halides is 6. The molecule has 5 aromatic heterocycles. The number of carbonyl (C=O) groups excluding carboxylic acids is 2. The first-order valence-electron chi connectivity index (χ1n) is 27.3. The van der Waals surface area contributed by atoms with E-state index in [2.05, 4.69) is 64.8 Å². The molecule has 0 saturated heterocycles. The van der Waals surface area contributed by atoms with Crippen molar-refractivity contribution in [2.24, 2.45) is 0 Å².